The molecule has 2 heterocycles. The molecule has 2 aliphatic heterocycles. The molecule has 4 heteroatoms. The SMILES string of the molecule is CCC(=O)[C@H](CC)[C@H]1O[C@](CC)(C2CC[C@](O)(CC)[C@H](C)O2)C[C@@H]1C. The fraction of sp³-hybridized carbons (Fsp3) is 0.952. The first kappa shape index (κ1) is 20.9. The van der Waals surface area contributed by atoms with Gasteiger partial charge in [-0.3, -0.25) is 4.79 Å². The average molecular weight is 355 g/mol. The zero-order chi connectivity index (χ0) is 18.8. The van der Waals surface area contributed by atoms with Gasteiger partial charge in [0, 0.05) is 12.3 Å². The van der Waals surface area contributed by atoms with Crippen molar-refractivity contribution in [3.63, 3.8) is 0 Å². The third-order valence-electron chi connectivity index (χ3n) is 6.96. The maximum Gasteiger partial charge on any atom is 0.138 e. The number of carbonyl (C=O) groups excluding carboxylic acids is 1. The Hall–Kier alpha value is -0.450. The Morgan fingerprint density at radius 3 is 2.36 bits per heavy atom. The molecule has 0 saturated carbocycles. The van der Waals surface area contributed by atoms with Gasteiger partial charge in [-0.25, -0.2) is 0 Å². The van der Waals surface area contributed by atoms with Crippen molar-refractivity contribution in [1.82, 2.24) is 0 Å². The topological polar surface area (TPSA) is 55.8 Å². The number of ether oxygens (including phenoxy) is 2. The summed E-state index contributed by atoms with van der Waals surface area (Å²) in [4.78, 5) is 12.4. The summed E-state index contributed by atoms with van der Waals surface area (Å²) < 4.78 is 13.0. The highest BCUT2D eigenvalue weighted by Gasteiger charge is 2.54. The molecule has 0 aliphatic carbocycles. The van der Waals surface area contributed by atoms with E-state index in [9.17, 15) is 9.90 Å². The highest BCUT2D eigenvalue weighted by molar-refractivity contribution is 5.81. The summed E-state index contributed by atoms with van der Waals surface area (Å²) in [6, 6.07) is 0. The van der Waals surface area contributed by atoms with E-state index in [-0.39, 0.29) is 29.8 Å². The first-order valence-corrected chi connectivity index (χ1v) is 10.3. The Morgan fingerprint density at radius 1 is 1.20 bits per heavy atom. The van der Waals surface area contributed by atoms with Gasteiger partial charge in [0.1, 0.15) is 5.78 Å². The molecule has 2 fully saturated rings. The first-order chi connectivity index (χ1) is 11.8. The summed E-state index contributed by atoms with van der Waals surface area (Å²) in [5.74, 6) is 0.651. The summed E-state index contributed by atoms with van der Waals surface area (Å²) in [5, 5.41) is 10.7. The highest BCUT2D eigenvalue weighted by atomic mass is 16.6. The maximum atomic E-state index is 12.4. The Bertz CT molecular complexity index is 465. The molecule has 7 atom stereocenters. The van der Waals surface area contributed by atoms with Crippen LogP contribution in [0.4, 0.5) is 0 Å². The molecule has 0 aromatic rings. The molecule has 0 aromatic heterocycles. The van der Waals surface area contributed by atoms with Crippen molar-refractivity contribution < 1.29 is 19.4 Å². The van der Waals surface area contributed by atoms with Gasteiger partial charge < -0.3 is 14.6 Å². The molecule has 0 spiro atoms. The van der Waals surface area contributed by atoms with Crippen LogP contribution in [0.3, 0.4) is 0 Å². The largest absolute Gasteiger partial charge is 0.387 e. The first-order valence-electron chi connectivity index (χ1n) is 10.3. The molecule has 1 unspecified atom stereocenters. The normalized spacial score (nSPS) is 43.2. The van der Waals surface area contributed by atoms with E-state index in [1.54, 1.807) is 0 Å². The molecular weight excluding hydrogens is 316 g/mol. The summed E-state index contributed by atoms with van der Waals surface area (Å²) in [6.07, 6.45) is 5.31. The second-order valence-electron chi connectivity index (χ2n) is 8.28. The zero-order valence-corrected chi connectivity index (χ0v) is 17.0. The van der Waals surface area contributed by atoms with Gasteiger partial charge in [-0.15, -0.1) is 0 Å². The van der Waals surface area contributed by atoms with E-state index in [0.717, 1.165) is 32.1 Å². The van der Waals surface area contributed by atoms with Crippen molar-refractivity contribution in [3.05, 3.63) is 0 Å². The van der Waals surface area contributed by atoms with Crippen molar-refractivity contribution in [2.24, 2.45) is 11.8 Å². The van der Waals surface area contributed by atoms with Crippen molar-refractivity contribution >= 4 is 5.78 Å². The van der Waals surface area contributed by atoms with E-state index in [1.807, 2.05) is 20.8 Å². The number of hydrogen-bond acceptors (Lipinski definition) is 4. The molecule has 146 valence electrons. The minimum atomic E-state index is -0.723. The van der Waals surface area contributed by atoms with E-state index < -0.39 is 5.60 Å². The van der Waals surface area contributed by atoms with E-state index in [4.69, 9.17) is 9.47 Å². The molecule has 0 aromatic carbocycles. The molecule has 0 radical (unpaired) electrons. The zero-order valence-electron chi connectivity index (χ0n) is 17.0. The van der Waals surface area contributed by atoms with Crippen LogP contribution in [-0.4, -0.2) is 40.4 Å². The Labute approximate surface area is 153 Å². The van der Waals surface area contributed by atoms with Gasteiger partial charge in [0.05, 0.1) is 29.5 Å². The molecule has 1 N–H and O–H groups in total. The van der Waals surface area contributed by atoms with Crippen molar-refractivity contribution in [1.29, 1.82) is 0 Å². The van der Waals surface area contributed by atoms with Crippen LogP contribution in [0.15, 0.2) is 0 Å². The summed E-state index contributed by atoms with van der Waals surface area (Å²) in [5.41, 5.74) is -1.05. The van der Waals surface area contributed by atoms with Gasteiger partial charge in [-0.05, 0) is 51.4 Å². The van der Waals surface area contributed by atoms with Crippen LogP contribution >= 0.6 is 0 Å². The van der Waals surface area contributed by atoms with Crippen LogP contribution in [0.2, 0.25) is 0 Å². The smallest absolute Gasteiger partial charge is 0.138 e. The maximum absolute atomic E-state index is 12.4. The van der Waals surface area contributed by atoms with E-state index in [0.29, 0.717) is 24.5 Å². The van der Waals surface area contributed by atoms with Gasteiger partial charge in [0.2, 0.25) is 0 Å². The number of carbonyl (C=O) groups is 1. The average Bonchev–Trinajstić information content (AvgIpc) is 2.95. The lowest BCUT2D eigenvalue weighted by molar-refractivity contribution is -0.229. The van der Waals surface area contributed by atoms with Crippen LogP contribution in [0.25, 0.3) is 0 Å². The quantitative estimate of drug-likeness (QED) is 0.741. The van der Waals surface area contributed by atoms with Gasteiger partial charge in [0.15, 0.2) is 0 Å². The number of rotatable bonds is 7. The summed E-state index contributed by atoms with van der Waals surface area (Å²) in [6.45, 7) is 12.4. The molecule has 0 bridgehead atoms. The monoisotopic (exact) mass is 354 g/mol. The van der Waals surface area contributed by atoms with Gasteiger partial charge in [-0.2, -0.15) is 0 Å². The molecule has 2 rings (SSSR count). The Kier molecular flexibility index (Phi) is 6.72. The minimum absolute atomic E-state index is 0.000935. The second kappa shape index (κ2) is 8.06. The van der Waals surface area contributed by atoms with Gasteiger partial charge in [-0.1, -0.05) is 34.6 Å². The fourth-order valence-electron chi connectivity index (χ4n) is 5.02. The van der Waals surface area contributed by atoms with Crippen molar-refractivity contribution in [2.75, 3.05) is 0 Å². The minimum Gasteiger partial charge on any atom is -0.387 e. The van der Waals surface area contributed by atoms with Crippen LogP contribution in [0, 0.1) is 11.8 Å². The van der Waals surface area contributed by atoms with Crippen LogP contribution in [0.5, 0.6) is 0 Å². The lowest BCUT2D eigenvalue weighted by Gasteiger charge is -2.47. The molecule has 2 saturated heterocycles. The standard InChI is InChI=1S/C21H38O4/c1-7-16(17(22)8-2)19-14(5)13-21(10-4,25-19)18-11-12-20(23,9-3)15(6)24-18/h14-16,18-19,23H,7-13H2,1-6H3/t14-,15-,16-,18?,19-,20+,21-/m0/s1. The van der Waals surface area contributed by atoms with E-state index in [2.05, 4.69) is 20.8 Å². The molecule has 0 amide bonds. The second-order valence-corrected chi connectivity index (χ2v) is 8.28. The predicted molar refractivity (Wildman–Crippen MR) is 99.6 cm³/mol. The van der Waals surface area contributed by atoms with Crippen LogP contribution in [0.1, 0.15) is 86.5 Å². The highest BCUT2D eigenvalue weighted by Crippen LogP contribution is 2.48. The number of Topliss-reactive ketones (excluding diaryl/α,β-unsaturated/α-hetero) is 1. The predicted octanol–water partition coefficient (Wildman–Crippen LogP) is 4.27. The lowest BCUT2D eigenvalue weighted by atomic mass is 9.77. The third kappa shape index (κ3) is 3.81. The van der Waals surface area contributed by atoms with Crippen LogP contribution < -0.4 is 0 Å². The van der Waals surface area contributed by atoms with E-state index >= 15 is 0 Å². The molecule has 25 heavy (non-hydrogen) atoms. The fourth-order valence-corrected chi connectivity index (χ4v) is 5.02. The molecular formula is C21H38O4. The third-order valence-corrected chi connectivity index (χ3v) is 6.96. The van der Waals surface area contributed by atoms with Crippen molar-refractivity contribution in [2.45, 2.75) is 116 Å². The van der Waals surface area contributed by atoms with Gasteiger partial charge in [0.25, 0.3) is 0 Å². The van der Waals surface area contributed by atoms with Crippen molar-refractivity contribution in [3.8, 4) is 0 Å². The van der Waals surface area contributed by atoms with E-state index in [1.165, 1.54) is 0 Å². The summed E-state index contributed by atoms with van der Waals surface area (Å²) in [7, 11) is 0. The Balaban J connectivity index is 2.18. The molecule has 2 aliphatic rings. The van der Waals surface area contributed by atoms with Crippen LogP contribution in [-0.2, 0) is 14.3 Å². The van der Waals surface area contributed by atoms with Gasteiger partial charge >= 0.3 is 0 Å². The number of ketones is 1. The number of hydrogen-bond donors (Lipinski definition) is 1. The lowest BCUT2D eigenvalue weighted by Crippen LogP contribution is -2.55. The molecule has 4 nitrogen and oxygen atoms in total. The Morgan fingerprint density at radius 2 is 1.88 bits per heavy atom. The summed E-state index contributed by atoms with van der Waals surface area (Å²) >= 11 is 0. The number of aliphatic hydroxyl groups is 1.